The van der Waals surface area contributed by atoms with E-state index in [0.29, 0.717) is 12.6 Å². The van der Waals surface area contributed by atoms with E-state index in [1.54, 1.807) is 0 Å². The average molecular weight is 335 g/mol. The minimum atomic E-state index is 0.0129. The molecule has 3 rings (SSSR count). The molecule has 24 heavy (non-hydrogen) atoms. The number of rotatable bonds is 5. The highest BCUT2D eigenvalue weighted by molar-refractivity contribution is 5.84. The van der Waals surface area contributed by atoms with Gasteiger partial charge in [0, 0.05) is 30.5 Å². The molecule has 2 saturated carbocycles. The van der Waals surface area contributed by atoms with Crippen LogP contribution >= 0.6 is 0 Å². The van der Waals surface area contributed by atoms with E-state index in [-0.39, 0.29) is 29.1 Å². The summed E-state index contributed by atoms with van der Waals surface area (Å²) >= 11 is 0. The van der Waals surface area contributed by atoms with Crippen molar-refractivity contribution in [1.82, 2.24) is 10.2 Å². The molecule has 4 nitrogen and oxygen atoms in total. The first kappa shape index (κ1) is 17.8. The fourth-order valence-corrected chi connectivity index (χ4v) is 5.35. The highest BCUT2D eigenvalue weighted by Gasteiger charge is 2.52. The monoisotopic (exact) mass is 334 g/mol. The van der Waals surface area contributed by atoms with E-state index in [0.717, 1.165) is 45.1 Å². The van der Waals surface area contributed by atoms with Crippen molar-refractivity contribution in [3.63, 3.8) is 0 Å². The zero-order chi connectivity index (χ0) is 17.2. The minimum Gasteiger partial charge on any atom is -0.353 e. The molecule has 2 aliphatic carbocycles. The second kappa shape index (κ2) is 7.45. The lowest BCUT2D eigenvalue weighted by molar-refractivity contribution is -0.135. The molecule has 4 heteroatoms. The summed E-state index contributed by atoms with van der Waals surface area (Å²) in [6.07, 6.45) is 11.2. The van der Waals surface area contributed by atoms with E-state index in [1.165, 1.54) is 25.7 Å². The molecule has 0 bridgehead atoms. The topological polar surface area (TPSA) is 49.4 Å². The predicted molar refractivity (Wildman–Crippen MR) is 95.4 cm³/mol. The number of carbonyl (C=O) groups excluding carboxylic acids is 2. The molecule has 0 aromatic heterocycles. The third kappa shape index (κ3) is 3.34. The summed E-state index contributed by atoms with van der Waals surface area (Å²) in [6.45, 7) is 5.65. The normalized spacial score (nSPS) is 26.6. The Morgan fingerprint density at radius 2 is 1.71 bits per heavy atom. The van der Waals surface area contributed by atoms with Crippen molar-refractivity contribution < 1.29 is 9.59 Å². The third-order valence-corrected chi connectivity index (χ3v) is 6.91. The third-order valence-electron chi connectivity index (χ3n) is 6.91. The summed E-state index contributed by atoms with van der Waals surface area (Å²) in [5.74, 6) is 0.644. The van der Waals surface area contributed by atoms with Gasteiger partial charge in [0.1, 0.15) is 0 Å². The van der Waals surface area contributed by atoms with Crippen LogP contribution in [0.1, 0.15) is 78.1 Å². The van der Waals surface area contributed by atoms with Crippen molar-refractivity contribution in [2.75, 3.05) is 13.1 Å². The van der Waals surface area contributed by atoms with Crippen LogP contribution in [0.2, 0.25) is 0 Å². The highest BCUT2D eigenvalue weighted by atomic mass is 16.2. The summed E-state index contributed by atoms with van der Waals surface area (Å²) in [5, 5.41) is 3.31. The zero-order valence-corrected chi connectivity index (χ0v) is 15.5. The van der Waals surface area contributed by atoms with Crippen LogP contribution in [0, 0.1) is 17.3 Å². The van der Waals surface area contributed by atoms with Gasteiger partial charge in [0.15, 0.2) is 0 Å². The Morgan fingerprint density at radius 3 is 2.29 bits per heavy atom. The van der Waals surface area contributed by atoms with Gasteiger partial charge in [0.2, 0.25) is 11.8 Å². The Balaban J connectivity index is 1.71. The van der Waals surface area contributed by atoms with Crippen molar-refractivity contribution in [2.24, 2.45) is 17.3 Å². The van der Waals surface area contributed by atoms with Gasteiger partial charge < -0.3 is 10.2 Å². The summed E-state index contributed by atoms with van der Waals surface area (Å²) in [4.78, 5) is 27.9. The summed E-state index contributed by atoms with van der Waals surface area (Å²) in [7, 11) is 0. The Kier molecular flexibility index (Phi) is 5.51. The van der Waals surface area contributed by atoms with E-state index < -0.39 is 0 Å². The number of nitrogens with one attached hydrogen (secondary N) is 1. The van der Waals surface area contributed by atoms with Gasteiger partial charge in [0.25, 0.3) is 0 Å². The number of likely N-dealkylation sites (tertiary alicyclic amines) is 1. The van der Waals surface area contributed by atoms with Gasteiger partial charge in [-0.1, -0.05) is 39.5 Å². The Morgan fingerprint density at radius 1 is 1.08 bits per heavy atom. The first-order valence-electron chi connectivity index (χ1n) is 10.2. The number of carbonyl (C=O) groups is 2. The zero-order valence-electron chi connectivity index (χ0n) is 15.5. The summed E-state index contributed by atoms with van der Waals surface area (Å²) in [5.41, 5.74) is 0.0599. The van der Waals surface area contributed by atoms with Crippen LogP contribution in [0.15, 0.2) is 0 Å². The van der Waals surface area contributed by atoms with Crippen LogP contribution in [0.4, 0.5) is 0 Å². The van der Waals surface area contributed by atoms with Crippen LogP contribution in [0.3, 0.4) is 0 Å². The maximum Gasteiger partial charge on any atom is 0.225 e. The van der Waals surface area contributed by atoms with Crippen molar-refractivity contribution >= 4 is 11.8 Å². The Bertz CT molecular complexity index is 460. The second-order valence-corrected chi connectivity index (χ2v) is 8.34. The van der Waals surface area contributed by atoms with Gasteiger partial charge in [-0.3, -0.25) is 9.59 Å². The summed E-state index contributed by atoms with van der Waals surface area (Å²) in [6, 6.07) is 0.375. The molecular weight excluding hydrogens is 300 g/mol. The van der Waals surface area contributed by atoms with Crippen LogP contribution in [0.5, 0.6) is 0 Å². The fraction of sp³-hybridized carbons (Fsp3) is 0.900. The fourth-order valence-electron chi connectivity index (χ4n) is 5.35. The molecule has 1 saturated heterocycles. The predicted octanol–water partition coefficient (Wildman–Crippen LogP) is 3.50. The molecule has 3 fully saturated rings. The number of hydrogen-bond acceptors (Lipinski definition) is 2. The summed E-state index contributed by atoms with van der Waals surface area (Å²) < 4.78 is 0. The van der Waals surface area contributed by atoms with Crippen molar-refractivity contribution in [1.29, 1.82) is 0 Å². The maximum atomic E-state index is 13.0. The van der Waals surface area contributed by atoms with Crippen molar-refractivity contribution in [2.45, 2.75) is 84.1 Å². The van der Waals surface area contributed by atoms with Gasteiger partial charge in [-0.15, -0.1) is 0 Å². The maximum absolute atomic E-state index is 13.0. The van der Waals surface area contributed by atoms with Gasteiger partial charge in [-0.05, 0) is 38.5 Å². The SMILES string of the molecule is CCC(CC)C(=O)N1C[C@@H](C(=O)NC2CCCC2)C2(CCCC2)C1. The Hall–Kier alpha value is -1.06. The molecule has 136 valence electrons. The first-order valence-corrected chi connectivity index (χ1v) is 10.2. The molecule has 0 aromatic carbocycles. The molecule has 1 atom stereocenters. The van der Waals surface area contributed by atoms with Gasteiger partial charge >= 0.3 is 0 Å². The minimum absolute atomic E-state index is 0.0129. The molecule has 0 aromatic rings. The van der Waals surface area contributed by atoms with E-state index in [9.17, 15) is 9.59 Å². The van der Waals surface area contributed by atoms with E-state index in [1.807, 2.05) is 4.90 Å². The lowest BCUT2D eigenvalue weighted by Crippen LogP contribution is -2.43. The van der Waals surface area contributed by atoms with Crippen molar-refractivity contribution in [3.8, 4) is 0 Å². The van der Waals surface area contributed by atoms with Gasteiger partial charge in [0.05, 0.1) is 5.92 Å². The average Bonchev–Trinajstić information content (AvgIpc) is 3.31. The molecule has 0 unspecified atom stereocenters. The van der Waals surface area contributed by atoms with Crippen LogP contribution in [-0.2, 0) is 9.59 Å². The number of amides is 2. The molecule has 2 amide bonds. The highest BCUT2D eigenvalue weighted by Crippen LogP contribution is 2.49. The Labute approximate surface area is 146 Å². The molecule has 3 aliphatic rings. The molecule has 1 spiro atoms. The smallest absolute Gasteiger partial charge is 0.225 e. The van der Waals surface area contributed by atoms with Crippen LogP contribution < -0.4 is 5.32 Å². The van der Waals surface area contributed by atoms with E-state index in [4.69, 9.17) is 0 Å². The van der Waals surface area contributed by atoms with Gasteiger partial charge in [-0.25, -0.2) is 0 Å². The van der Waals surface area contributed by atoms with Crippen LogP contribution in [0.25, 0.3) is 0 Å². The number of nitrogens with zero attached hydrogens (tertiary/aromatic N) is 1. The molecule has 1 heterocycles. The molecule has 1 aliphatic heterocycles. The lowest BCUT2D eigenvalue weighted by atomic mass is 9.76. The second-order valence-electron chi connectivity index (χ2n) is 8.34. The first-order chi connectivity index (χ1) is 11.6. The number of hydrogen-bond donors (Lipinski definition) is 1. The lowest BCUT2D eigenvalue weighted by Gasteiger charge is -2.30. The van der Waals surface area contributed by atoms with Crippen molar-refractivity contribution in [3.05, 3.63) is 0 Å². The van der Waals surface area contributed by atoms with Gasteiger partial charge in [-0.2, -0.15) is 0 Å². The largest absolute Gasteiger partial charge is 0.353 e. The standard InChI is InChI=1S/C20H34N2O2/c1-3-15(4-2)19(24)22-13-17(20(14-22)11-7-8-12-20)18(23)21-16-9-5-6-10-16/h15-17H,3-14H2,1-2H3,(H,21,23)/t17-/m0/s1. The molecular formula is C20H34N2O2. The molecule has 0 radical (unpaired) electrons. The van der Waals surface area contributed by atoms with Crippen LogP contribution in [-0.4, -0.2) is 35.8 Å². The van der Waals surface area contributed by atoms with E-state index >= 15 is 0 Å². The quantitative estimate of drug-likeness (QED) is 0.836. The molecule has 1 N–H and O–H groups in total. The van der Waals surface area contributed by atoms with E-state index in [2.05, 4.69) is 19.2 Å².